The molecule has 2 nitrogen and oxygen atoms in total. The first kappa shape index (κ1) is 14.1. The summed E-state index contributed by atoms with van der Waals surface area (Å²) in [7, 11) is 0. The Morgan fingerprint density at radius 1 is 1.40 bits per heavy atom. The highest BCUT2D eigenvalue weighted by molar-refractivity contribution is 7.71. The minimum Gasteiger partial charge on any atom is -0.330 e. The summed E-state index contributed by atoms with van der Waals surface area (Å²) in [5, 5.41) is 0.150. The number of H-pyrrole nitrogens is 1. The number of hydrogen-bond acceptors (Lipinski definition) is 1. The molecule has 0 bridgehead atoms. The van der Waals surface area contributed by atoms with Crippen LogP contribution in [0.2, 0.25) is 5.02 Å². The van der Waals surface area contributed by atoms with E-state index < -0.39 is 5.82 Å². The van der Waals surface area contributed by atoms with Gasteiger partial charge in [-0.15, -0.1) is 0 Å². The Morgan fingerprint density at radius 2 is 2.15 bits per heavy atom. The van der Waals surface area contributed by atoms with Gasteiger partial charge in [0.2, 0.25) is 0 Å². The Labute approximate surface area is 127 Å². The summed E-state index contributed by atoms with van der Waals surface area (Å²) in [6.45, 7) is 3.21. The maximum Gasteiger partial charge on any atom is 0.178 e. The van der Waals surface area contributed by atoms with E-state index in [1.54, 1.807) is 6.07 Å². The molecule has 1 aliphatic rings. The highest BCUT2D eigenvalue weighted by atomic mass is 35.5. The quantitative estimate of drug-likeness (QED) is 0.744. The molecule has 1 N–H and O–H groups in total. The van der Waals surface area contributed by atoms with E-state index in [9.17, 15) is 4.39 Å². The highest BCUT2D eigenvalue weighted by Gasteiger charge is 2.22. The van der Waals surface area contributed by atoms with Gasteiger partial charge in [0.25, 0.3) is 0 Å². The van der Waals surface area contributed by atoms with Gasteiger partial charge in [-0.1, -0.05) is 37.8 Å². The molecule has 1 saturated carbocycles. The van der Waals surface area contributed by atoms with Crippen LogP contribution in [0.1, 0.15) is 32.6 Å². The van der Waals surface area contributed by atoms with Crippen LogP contribution in [0.5, 0.6) is 0 Å². The predicted octanol–water partition coefficient (Wildman–Crippen LogP) is 5.32. The number of aromatic nitrogens is 2. The van der Waals surface area contributed by atoms with Gasteiger partial charge < -0.3 is 9.55 Å². The third kappa shape index (κ3) is 2.51. The lowest BCUT2D eigenvalue weighted by molar-refractivity contribution is 0.230. The number of benzene rings is 1. The van der Waals surface area contributed by atoms with Crippen LogP contribution in [0.15, 0.2) is 12.1 Å². The van der Waals surface area contributed by atoms with Gasteiger partial charge in [0, 0.05) is 12.6 Å². The van der Waals surface area contributed by atoms with Gasteiger partial charge in [0.15, 0.2) is 4.77 Å². The minimum absolute atomic E-state index is 0.150. The van der Waals surface area contributed by atoms with E-state index in [4.69, 9.17) is 23.8 Å². The van der Waals surface area contributed by atoms with Crippen molar-refractivity contribution in [1.82, 2.24) is 9.55 Å². The van der Waals surface area contributed by atoms with Crippen LogP contribution < -0.4 is 0 Å². The monoisotopic (exact) mass is 312 g/mol. The van der Waals surface area contributed by atoms with Crippen molar-refractivity contribution < 1.29 is 4.39 Å². The van der Waals surface area contributed by atoms with Gasteiger partial charge in [-0.3, -0.25) is 0 Å². The van der Waals surface area contributed by atoms with Crippen molar-refractivity contribution in [3.8, 4) is 0 Å². The number of nitrogens with one attached hydrogen (secondary N) is 1. The molecule has 1 aromatic carbocycles. The maximum absolute atomic E-state index is 13.5. The van der Waals surface area contributed by atoms with E-state index in [1.807, 2.05) is 0 Å². The molecular formula is C15H18ClFN2S. The SMILES string of the molecule is CC1CCCCC1Cn1c(=S)[nH]c2cc(F)c(Cl)cc21. The summed E-state index contributed by atoms with van der Waals surface area (Å²) < 4.78 is 16.2. The molecule has 1 aromatic heterocycles. The fraction of sp³-hybridized carbons (Fsp3) is 0.533. The zero-order chi connectivity index (χ0) is 14.3. The molecule has 20 heavy (non-hydrogen) atoms. The molecule has 0 spiro atoms. The van der Waals surface area contributed by atoms with Crippen molar-refractivity contribution in [2.75, 3.05) is 0 Å². The van der Waals surface area contributed by atoms with Crippen LogP contribution >= 0.6 is 23.8 Å². The molecule has 0 amide bonds. The highest BCUT2D eigenvalue weighted by Crippen LogP contribution is 2.32. The molecule has 2 atom stereocenters. The van der Waals surface area contributed by atoms with E-state index in [0.717, 1.165) is 17.6 Å². The number of imidazole rings is 1. The van der Waals surface area contributed by atoms with Gasteiger partial charge in [0.1, 0.15) is 5.82 Å². The zero-order valence-electron chi connectivity index (χ0n) is 11.5. The Balaban J connectivity index is 2.00. The standard InChI is InChI=1S/C15H18ClFN2S/c1-9-4-2-3-5-10(9)8-19-14-6-11(16)12(17)7-13(14)18-15(19)20/h6-7,9-10H,2-5,8H2,1H3,(H,18,20). The molecule has 3 rings (SSSR count). The molecule has 0 saturated heterocycles. The van der Waals surface area contributed by atoms with E-state index in [1.165, 1.54) is 31.7 Å². The molecular weight excluding hydrogens is 295 g/mol. The van der Waals surface area contributed by atoms with Crippen LogP contribution in [0, 0.1) is 22.4 Å². The fourth-order valence-corrected chi connectivity index (χ4v) is 3.67. The molecule has 1 fully saturated rings. The van der Waals surface area contributed by atoms with Crippen molar-refractivity contribution in [2.24, 2.45) is 11.8 Å². The first-order valence-electron chi connectivity index (χ1n) is 7.14. The van der Waals surface area contributed by atoms with E-state index in [2.05, 4.69) is 16.5 Å². The van der Waals surface area contributed by atoms with Crippen LogP contribution in [-0.2, 0) is 6.54 Å². The predicted molar refractivity (Wildman–Crippen MR) is 83.2 cm³/mol. The second-order valence-corrected chi connectivity index (χ2v) is 6.64. The summed E-state index contributed by atoms with van der Waals surface area (Å²) in [6, 6.07) is 3.10. The normalized spacial score (nSPS) is 23.4. The van der Waals surface area contributed by atoms with Crippen molar-refractivity contribution in [1.29, 1.82) is 0 Å². The van der Waals surface area contributed by atoms with Crippen molar-refractivity contribution in [3.05, 3.63) is 27.7 Å². The van der Waals surface area contributed by atoms with E-state index in [0.29, 0.717) is 16.6 Å². The molecule has 2 aromatic rings. The summed E-state index contributed by atoms with van der Waals surface area (Å²) in [5.74, 6) is 0.943. The van der Waals surface area contributed by atoms with Gasteiger partial charge in [0.05, 0.1) is 16.1 Å². The number of nitrogens with zero attached hydrogens (tertiary/aromatic N) is 1. The van der Waals surface area contributed by atoms with Crippen molar-refractivity contribution in [3.63, 3.8) is 0 Å². The maximum atomic E-state index is 13.5. The number of aromatic amines is 1. The molecule has 108 valence electrons. The van der Waals surface area contributed by atoms with Gasteiger partial charge in [-0.25, -0.2) is 4.39 Å². The van der Waals surface area contributed by atoms with Crippen LogP contribution in [0.4, 0.5) is 4.39 Å². The number of rotatable bonds is 2. The van der Waals surface area contributed by atoms with E-state index in [-0.39, 0.29) is 5.02 Å². The summed E-state index contributed by atoms with van der Waals surface area (Å²) in [5.41, 5.74) is 1.62. The van der Waals surface area contributed by atoms with Crippen molar-refractivity contribution in [2.45, 2.75) is 39.2 Å². The van der Waals surface area contributed by atoms with Crippen LogP contribution in [-0.4, -0.2) is 9.55 Å². The molecule has 2 unspecified atom stereocenters. The van der Waals surface area contributed by atoms with Crippen LogP contribution in [0.3, 0.4) is 0 Å². The lowest BCUT2D eigenvalue weighted by Crippen LogP contribution is -2.22. The Hall–Kier alpha value is -0.870. The minimum atomic E-state index is -0.409. The average Bonchev–Trinajstić information content (AvgIpc) is 2.69. The van der Waals surface area contributed by atoms with Gasteiger partial charge in [-0.2, -0.15) is 0 Å². The molecule has 1 aliphatic carbocycles. The second kappa shape index (κ2) is 5.49. The first-order chi connectivity index (χ1) is 9.56. The third-order valence-corrected chi connectivity index (χ3v) is 5.13. The lowest BCUT2D eigenvalue weighted by Gasteiger charge is -2.29. The topological polar surface area (TPSA) is 20.7 Å². The van der Waals surface area contributed by atoms with Crippen molar-refractivity contribution >= 4 is 34.9 Å². The average molecular weight is 313 g/mol. The number of hydrogen-bond donors (Lipinski definition) is 1. The molecule has 5 heteroatoms. The summed E-state index contributed by atoms with van der Waals surface area (Å²) >= 11 is 11.3. The first-order valence-corrected chi connectivity index (χ1v) is 7.92. The molecule has 0 aliphatic heterocycles. The molecule has 1 heterocycles. The fourth-order valence-electron chi connectivity index (χ4n) is 3.23. The Kier molecular flexibility index (Phi) is 3.87. The van der Waals surface area contributed by atoms with E-state index >= 15 is 0 Å². The summed E-state index contributed by atoms with van der Waals surface area (Å²) in [6.07, 6.45) is 5.15. The Bertz CT molecular complexity index is 691. The number of halogens is 2. The van der Waals surface area contributed by atoms with Gasteiger partial charge in [-0.05, 0) is 36.5 Å². The summed E-state index contributed by atoms with van der Waals surface area (Å²) in [4.78, 5) is 3.08. The Morgan fingerprint density at radius 3 is 2.90 bits per heavy atom. The molecule has 0 radical (unpaired) electrons. The lowest BCUT2D eigenvalue weighted by atomic mass is 9.80. The second-order valence-electron chi connectivity index (χ2n) is 5.85. The van der Waals surface area contributed by atoms with Crippen LogP contribution in [0.25, 0.3) is 11.0 Å². The smallest absolute Gasteiger partial charge is 0.178 e. The zero-order valence-corrected chi connectivity index (χ0v) is 13.0. The largest absolute Gasteiger partial charge is 0.330 e. The number of fused-ring (bicyclic) bond motifs is 1. The third-order valence-electron chi connectivity index (χ3n) is 4.52. The van der Waals surface area contributed by atoms with Gasteiger partial charge >= 0.3 is 0 Å².